The Morgan fingerprint density at radius 1 is 0.962 bits per heavy atom. The minimum Gasteiger partial charge on any atom is -0.299 e. The molecule has 7 atom stereocenters. The van der Waals surface area contributed by atoms with Gasteiger partial charge >= 0.3 is 0 Å². The molecule has 0 bridgehead atoms. The molecule has 7 unspecified atom stereocenters. The van der Waals surface area contributed by atoms with Crippen LogP contribution in [-0.4, -0.2) is 39.0 Å². The number of allylic oxidation sites excluding steroid dienone is 3. The van der Waals surface area contributed by atoms with Crippen molar-refractivity contribution in [1.29, 1.82) is 0 Å². The van der Waals surface area contributed by atoms with Gasteiger partial charge in [0.2, 0.25) is 0 Å². The molecule has 1 spiro atoms. The van der Waals surface area contributed by atoms with Gasteiger partial charge in [-0.15, -0.1) is 19.7 Å². The lowest BCUT2D eigenvalue weighted by Gasteiger charge is -2.37. The maximum Gasteiger partial charge on any atom is 0.0895 e. The molecule has 2 aliphatic carbocycles. The summed E-state index contributed by atoms with van der Waals surface area (Å²) in [5.74, 6) is 0.922. The second kappa shape index (κ2) is 15.7. The molecule has 4 aromatic rings. The molecule has 1 N–H and O–H groups in total. The fraction of sp³-hybridized carbons (Fsp3) is 0.319. The summed E-state index contributed by atoms with van der Waals surface area (Å²) in [6, 6.07) is 25.8. The summed E-state index contributed by atoms with van der Waals surface area (Å²) in [7, 11) is 0. The van der Waals surface area contributed by atoms with Gasteiger partial charge in [-0.3, -0.25) is 25.3 Å². The van der Waals surface area contributed by atoms with Crippen LogP contribution < -0.4 is 5.32 Å². The number of aromatic nitrogens is 2. The van der Waals surface area contributed by atoms with Crippen LogP contribution in [0.3, 0.4) is 0 Å². The standard InChI is InChI=1S/C47H51N5/c1-6-17-36(50-32(5)43-24-13-14-27-48-43)29-33(8-3)37-25-26-39(46-38(37)22-16-28-49-46)42(9-4)51-44(18-7-2)45-30-40(34-19-11-10-12-20-34)41-23-15-21-35-31-47(35,41)52-45/h6,8-16,19-28,33,35-36,40,42,44,51H,1,3-4,7,17-18,29-31H2,2,5H3. The monoisotopic (exact) mass is 685 g/mol. The van der Waals surface area contributed by atoms with Crippen molar-refractivity contribution in [3.63, 3.8) is 0 Å². The van der Waals surface area contributed by atoms with Crippen LogP contribution in [0.25, 0.3) is 10.9 Å². The third kappa shape index (κ3) is 7.07. The molecule has 264 valence electrons. The molecule has 5 nitrogen and oxygen atoms in total. The van der Waals surface area contributed by atoms with Crippen LogP contribution in [0.4, 0.5) is 0 Å². The van der Waals surface area contributed by atoms with Crippen LogP contribution in [0.15, 0.2) is 157 Å². The Morgan fingerprint density at radius 3 is 2.52 bits per heavy atom. The third-order valence-corrected chi connectivity index (χ3v) is 11.3. The molecule has 3 aliphatic rings. The van der Waals surface area contributed by atoms with Crippen molar-refractivity contribution in [3.05, 3.63) is 169 Å². The van der Waals surface area contributed by atoms with E-state index in [0.29, 0.717) is 11.8 Å². The van der Waals surface area contributed by atoms with Crippen LogP contribution >= 0.6 is 0 Å². The van der Waals surface area contributed by atoms with Gasteiger partial charge < -0.3 is 0 Å². The number of nitrogens with zero attached hydrogens (tertiary/aromatic N) is 4. The molecule has 1 saturated carbocycles. The van der Waals surface area contributed by atoms with Gasteiger partial charge in [-0.1, -0.05) is 104 Å². The van der Waals surface area contributed by atoms with Crippen molar-refractivity contribution in [2.24, 2.45) is 15.9 Å². The normalized spacial score (nSPS) is 22.9. The van der Waals surface area contributed by atoms with E-state index in [-0.39, 0.29) is 29.6 Å². The van der Waals surface area contributed by atoms with Gasteiger partial charge in [0.15, 0.2) is 0 Å². The predicted octanol–water partition coefficient (Wildman–Crippen LogP) is 10.6. The van der Waals surface area contributed by atoms with Gasteiger partial charge in [-0.2, -0.15) is 0 Å². The number of pyridine rings is 2. The van der Waals surface area contributed by atoms with E-state index in [1.807, 2.05) is 55.7 Å². The Balaban J connectivity index is 1.19. The van der Waals surface area contributed by atoms with Gasteiger partial charge in [-0.05, 0) is 79.5 Å². The first-order chi connectivity index (χ1) is 25.5. The number of hydrogen-bond acceptors (Lipinski definition) is 5. The lowest BCUT2D eigenvalue weighted by atomic mass is 9.75. The molecule has 0 saturated heterocycles. The molecular formula is C47H51N5. The molecule has 2 aromatic carbocycles. The SMILES string of the molecule is C=CCC(CC(C=C)c1ccc(C(C=C)NC(CCC)C2=NC34CC3C=CC=C4C(c3ccccc3)C2)c2ncccc12)N=C(C)c1ccccn1. The van der Waals surface area contributed by atoms with Crippen molar-refractivity contribution in [3.8, 4) is 0 Å². The molecular weight excluding hydrogens is 635 g/mol. The van der Waals surface area contributed by atoms with Gasteiger partial charge in [-0.25, -0.2) is 0 Å². The van der Waals surface area contributed by atoms with E-state index >= 15 is 0 Å². The maximum absolute atomic E-state index is 5.63. The summed E-state index contributed by atoms with van der Waals surface area (Å²) in [5.41, 5.74) is 9.23. The van der Waals surface area contributed by atoms with Crippen LogP contribution in [0, 0.1) is 5.92 Å². The molecule has 5 heteroatoms. The summed E-state index contributed by atoms with van der Waals surface area (Å²) < 4.78 is 0. The first kappa shape index (κ1) is 35.4. The van der Waals surface area contributed by atoms with Crippen molar-refractivity contribution >= 4 is 22.3 Å². The minimum atomic E-state index is -0.0992. The van der Waals surface area contributed by atoms with Gasteiger partial charge in [0.1, 0.15) is 0 Å². The second-order valence-corrected chi connectivity index (χ2v) is 14.6. The zero-order valence-corrected chi connectivity index (χ0v) is 30.7. The van der Waals surface area contributed by atoms with Crippen molar-refractivity contribution in [1.82, 2.24) is 15.3 Å². The Morgan fingerprint density at radius 2 is 1.77 bits per heavy atom. The largest absolute Gasteiger partial charge is 0.299 e. The van der Waals surface area contributed by atoms with Crippen molar-refractivity contribution in [2.75, 3.05) is 0 Å². The first-order valence-electron chi connectivity index (χ1n) is 19.0. The summed E-state index contributed by atoms with van der Waals surface area (Å²) in [6.07, 6.45) is 22.4. The highest BCUT2D eigenvalue weighted by atomic mass is 15.0. The fourth-order valence-electron chi connectivity index (χ4n) is 8.59. The third-order valence-electron chi connectivity index (χ3n) is 11.3. The van der Waals surface area contributed by atoms with Crippen LogP contribution in [0.2, 0.25) is 0 Å². The number of aliphatic imine (C=N–C) groups is 2. The fourth-order valence-corrected chi connectivity index (χ4v) is 8.59. The molecule has 52 heavy (non-hydrogen) atoms. The zero-order valence-electron chi connectivity index (χ0n) is 30.7. The highest BCUT2D eigenvalue weighted by molar-refractivity contribution is 5.97. The van der Waals surface area contributed by atoms with Crippen molar-refractivity contribution in [2.45, 2.75) is 87.9 Å². The van der Waals surface area contributed by atoms with E-state index < -0.39 is 0 Å². The van der Waals surface area contributed by atoms with Crippen LogP contribution in [-0.2, 0) is 0 Å². The van der Waals surface area contributed by atoms with E-state index in [1.165, 1.54) is 22.4 Å². The Labute approximate surface area is 309 Å². The summed E-state index contributed by atoms with van der Waals surface area (Å²) in [4.78, 5) is 20.3. The van der Waals surface area contributed by atoms with Crippen LogP contribution in [0.5, 0.6) is 0 Å². The predicted molar refractivity (Wildman–Crippen MR) is 218 cm³/mol. The second-order valence-electron chi connectivity index (χ2n) is 14.6. The van der Waals surface area contributed by atoms with Crippen molar-refractivity contribution < 1.29 is 0 Å². The molecule has 0 radical (unpaired) electrons. The molecule has 0 amide bonds. The molecule has 2 aromatic heterocycles. The average molecular weight is 686 g/mol. The van der Waals surface area contributed by atoms with E-state index in [1.54, 1.807) is 0 Å². The maximum atomic E-state index is 5.63. The zero-order chi connectivity index (χ0) is 36.1. The molecule has 3 heterocycles. The van der Waals surface area contributed by atoms with Gasteiger partial charge in [0.05, 0.1) is 34.5 Å². The molecule has 7 rings (SSSR count). The average Bonchev–Trinajstić information content (AvgIpc) is 3.91. The van der Waals surface area contributed by atoms with Gasteiger partial charge in [0.25, 0.3) is 0 Å². The molecule has 1 aliphatic heterocycles. The van der Waals surface area contributed by atoms with Crippen LogP contribution in [0.1, 0.15) is 92.6 Å². The summed E-state index contributed by atoms with van der Waals surface area (Å²) >= 11 is 0. The Hall–Kier alpha value is -5.00. The topological polar surface area (TPSA) is 62.5 Å². The smallest absolute Gasteiger partial charge is 0.0895 e. The highest BCUT2D eigenvalue weighted by Crippen LogP contribution is 2.61. The summed E-state index contributed by atoms with van der Waals surface area (Å²) in [6.45, 7) is 17.0. The Bertz CT molecular complexity index is 2040. The number of hydrogen-bond donors (Lipinski definition) is 1. The number of benzene rings is 2. The van der Waals surface area contributed by atoms with Gasteiger partial charge in [0, 0.05) is 47.3 Å². The highest BCUT2D eigenvalue weighted by Gasteiger charge is 2.60. The van der Waals surface area contributed by atoms with E-state index in [2.05, 4.69) is 110 Å². The lowest BCUT2D eigenvalue weighted by Crippen LogP contribution is -2.43. The number of rotatable bonds is 16. The Kier molecular flexibility index (Phi) is 10.7. The van der Waals surface area contributed by atoms with E-state index in [0.717, 1.165) is 66.4 Å². The quantitative estimate of drug-likeness (QED) is 0.0943. The number of nitrogens with one attached hydrogen (secondary N) is 1. The lowest BCUT2D eigenvalue weighted by molar-refractivity contribution is 0.508. The molecule has 1 fully saturated rings. The minimum absolute atomic E-state index is 0.0443. The van der Waals surface area contributed by atoms with E-state index in [4.69, 9.17) is 15.0 Å². The summed E-state index contributed by atoms with van der Waals surface area (Å²) in [5, 5.41) is 5.19. The first-order valence-corrected chi connectivity index (χ1v) is 19.0. The van der Waals surface area contributed by atoms with E-state index in [9.17, 15) is 0 Å². The number of fused-ring (bicyclic) bond motifs is 1.